The van der Waals surface area contributed by atoms with E-state index >= 15 is 0 Å². The molecule has 0 aliphatic heterocycles. The molecule has 0 saturated heterocycles. The number of aromatic nitrogens is 2. The molecular weight excluding hydrogens is 236 g/mol. The van der Waals surface area contributed by atoms with E-state index in [0.29, 0.717) is 0 Å². The maximum absolute atomic E-state index is 12.4. The Balaban J connectivity index is 0.00000144. The van der Waals surface area contributed by atoms with E-state index in [1.807, 2.05) is 30.9 Å². The molecule has 3 nitrogen and oxygen atoms in total. The van der Waals surface area contributed by atoms with Crippen LogP contribution in [0.4, 0.5) is 0 Å². The van der Waals surface area contributed by atoms with Crippen LogP contribution < -0.4 is 17.0 Å². The standard InChI is InChI=1S/C13H21N2O.ClH/c1-9-14(6)7-8-15(9)11(16)10-12(2,3)13(10,4)5;/h7-8,10H,1-6H3;1H/q+1;/p-1. The Morgan fingerprint density at radius 3 is 2.06 bits per heavy atom. The first-order valence-electron chi connectivity index (χ1n) is 5.79. The summed E-state index contributed by atoms with van der Waals surface area (Å²) in [6, 6.07) is 0. The number of aryl methyl sites for hydroxylation is 1. The summed E-state index contributed by atoms with van der Waals surface area (Å²) < 4.78 is 3.75. The topological polar surface area (TPSA) is 25.9 Å². The van der Waals surface area contributed by atoms with Gasteiger partial charge >= 0.3 is 5.91 Å². The minimum absolute atomic E-state index is 0. The molecule has 96 valence electrons. The van der Waals surface area contributed by atoms with Gasteiger partial charge in [-0.25, -0.2) is 9.36 Å². The molecule has 0 atom stereocenters. The summed E-state index contributed by atoms with van der Waals surface area (Å²) in [6.07, 6.45) is 3.79. The molecule has 1 fully saturated rings. The number of hydrogen-bond acceptors (Lipinski definition) is 1. The molecule has 1 heterocycles. The SMILES string of the molecule is Cc1n(C(=O)C2C(C)(C)C2(C)C)cc[n+]1C.[Cl-]. The fourth-order valence-corrected chi connectivity index (χ4v) is 2.74. The van der Waals surface area contributed by atoms with Crippen LogP contribution in [0.15, 0.2) is 12.4 Å². The number of carbonyl (C=O) groups excluding carboxylic acids is 1. The predicted molar refractivity (Wildman–Crippen MR) is 62.0 cm³/mol. The second-order valence-electron chi connectivity index (χ2n) is 6.04. The maximum Gasteiger partial charge on any atom is 0.318 e. The lowest BCUT2D eigenvalue weighted by atomic mass is 10.0. The highest BCUT2D eigenvalue weighted by molar-refractivity contribution is 5.86. The molecule has 0 unspecified atom stereocenters. The molecule has 17 heavy (non-hydrogen) atoms. The van der Waals surface area contributed by atoms with E-state index in [1.165, 1.54) is 0 Å². The van der Waals surface area contributed by atoms with Crippen LogP contribution in [0.1, 0.15) is 38.3 Å². The quantitative estimate of drug-likeness (QED) is 0.589. The molecule has 4 heteroatoms. The van der Waals surface area contributed by atoms with Gasteiger partial charge in [-0.3, -0.25) is 0 Å². The van der Waals surface area contributed by atoms with Crippen molar-refractivity contribution in [3.63, 3.8) is 0 Å². The fourth-order valence-electron chi connectivity index (χ4n) is 2.74. The molecule has 0 radical (unpaired) electrons. The van der Waals surface area contributed by atoms with Crippen LogP contribution in [0.5, 0.6) is 0 Å². The third kappa shape index (κ3) is 1.71. The monoisotopic (exact) mass is 256 g/mol. The summed E-state index contributed by atoms with van der Waals surface area (Å²) in [7, 11) is 1.96. The zero-order valence-corrected chi connectivity index (χ0v) is 12.2. The molecule has 2 rings (SSSR count). The molecule has 0 spiro atoms. The van der Waals surface area contributed by atoms with Crippen molar-refractivity contribution >= 4 is 5.91 Å². The Morgan fingerprint density at radius 1 is 1.29 bits per heavy atom. The van der Waals surface area contributed by atoms with Gasteiger partial charge in [-0.15, -0.1) is 0 Å². The molecule has 1 aliphatic carbocycles. The number of carbonyl (C=O) groups is 1. The molecular formula is C13H21ClN2O. The third-order valence-corrected chi connectivity index (χ3v) is 4.80. The van der Waals surface area contributed by atoms with Crippen LogP contribution in [-0.4, -0.2) is 10.5 Å². The lowest BCUT2D eigenvalue weighted by Crippen LogP contribution is -3.00. The van der Waals surface area contributed by atoms with Crippen LogP contribution in [0.2, 0.25) is 0 Å². The smallest absolute Gasteiger partial charge is 0.318 e. The van der Waals surface area contributed by atoms with Crippen LogP contribution >= 0.6 is 0 Å². The first-order chi connectivity index (χ1) is 7.21. The summed E-state index contributed by atoms with van der Waals surface area (Å²) >= 11 is 0. The molecule has 1 aromatic rings. The van der Waals surface area contributed by atoms with Crippen molar-refractivity contribution in [2.45, 2.75) is 34.6 Å². The Kier molecular flexibility index (Phi) is 3.21. The van der Waals surface area contributed by atoms with Crippen molar-refractivity contribution in [2.24, 2.45) is 23.8 Å². The van der Waals surface area contributed by atoms with Gasteiger partial charge in [0, 0.05) is 6.92 Å². The van der Waals surface area contributed by atoms with E-state index in [-0.39, 0.29) is 35.1 Å². The average Bonchev–Trinajstić information content (AvgIpc) is 2.40. The predicted octanol–water partition coefficient (Wildman–Crippen LogP) is -1.05. The number of halogens is 1. The molecule has 1 saturated carbocycles. The van der Waals surface area contributed by atoms with Crippen molar-refractivity contribution in [3.8, 4) is 0 Å². The lowest BCUT2D eigenvalue weighted by Gasteiger charge is -2.03. The molecule has 0 aromatic carbocycles. The molecule has 1 aliphatic rings. The summed E-state index contributed by atoms with van der Waals surface area (Å²) in [5.74, 6) is 1.35. The summed E-state index contributed by atoms with van der Waals surface area (Å²) in [5.41, 5.74) is 0.221. The van der Waals surface area contributed by atoms with E-state index in [4.69, 9.17) is 0 Å². The van der Waals surface area contributed by atoms with Crippen LogP contribution in [0.25, 0.3) is 0 Å². The van der Waals surface area contributed by atoms with Crippen LogP contribution in [0, 0.1) is 23.7 Å². The van der Waals surface area contributed by atoms with Gasteiger partial charge in [-0.05, 0) is 10.8 Å². The highest BCUT2D eigenvalue weighted by atomic mass is 35.5. The summed E-state index contributed by atoms with van der Waals surface area (Å²) in [6.45, 7) is 10.7. The van der Waals surface area contributed by atoms with Gasteiger partial charge in [0.1, 0.15) is 12.4 Å². The van der Waals surface area contributed by atoms with Crippen molar-refractivity contribution in [3.05, 3.63) is 18.2 Å². The number of nitrogens with zero attached hydrogens (tertiary/aromatic N) is 2. The van der Waals surface area contributed by atoms with Crippen molar-refractivity contribution in [2.75, 3.05) is 0 Å². The van der Waals surface area contributed by atoms with E-state index < -0.39 is 0 Å². The normalized spacial score (nSPS) is 20.8. The van der Waals surface area contributed by atoms with Gasteiger partial charge in [0.2, 0.25) is 0 Å². The zero-order chi connectivity index (χ0) is 12.3. The minimum atomic E-state index is 0. The Bertz CT molecular complexity index is 446. The van der Waals surface area contributed by atoms with Crippen molar-refractivity contribution in [1.82, 2.24) is 4.57 Å². The van der Waals surface area contributed by atoms with Crippen molar-refractivity contribution < 1.29 is 21.8 Å². The first-order valence-corrected chi connectivity index (χ1v) is 5.79. The highest BCUT2D eigenvalue weighted by Gasteiger charge is 2.70. The van der Waals surface area contributed by atoms with E-state index in [2.05, 4.69) is 27.7 Å². The van der Waals surface area contributed by atoms with Gasteiger partial charge < -0.3 is 12.4 Å². The van der Waals surface area contributed by atoms with E-state index in [1.54, 1.807) is 4.57 Å². The maximum atomic E-state index is 12.4. The largest absolute Gasteiger partial charge is 1.00 e. The highest BCUT2D eigenvalue weighted by Crippen LogP contribution is 2.68. The van der Waals surface area contributed by atoms with E-state index in [0.717, 1.165) is 5.82 Å². The molecule has 0 amide bonds. The number of imidazole rings is 1. The van der Waals surface area contributed by atoms with Gasteiger partial charge in [0.15, 0.2) is 0 Å². The minimum Gasteiger partial charge on any atom is -1.00 e. The van der Waals surface area contributed by atoms with Crippen LogP contribution in [-0.2, 0) is 7.05 Å². The second-order valence-corrected chi connectivity index (χ2v) is 6.04. The molecule has 0 N–H and O–H groups in total. The fraction of sp³-hybridized carbons (Fsp3) is 0.692. The van der Waals surface area contributed by atoms with Crippen molar-refractivity contribution in [1.29, 1.82) is 0 Å². The Hall–Kier alpha value is -0.830. The molecule has 0 bridgehead atoms. The zero-order valence-electron chi connectivity index (χ0n) is 11.4. The third-order valence-electron chi connectivity index (χ3n) is 4.80. The summed E-state index contributed by atoms with van der Waals surface area (Å²) in [4.78, 5) is 12.4. The van der Waals surface area contributed by atoms with Gasteiger partial charge in [0.05, 0.1) is 13.0 Å². The Labute approximate surface area is 109 Å². The van der Waals surface area contributed by atoms with Gasteiger partial charge in [-0.1, -0.05) is 27.7 Å². The van der Waals surface area contributed by atoms with Gasteiger partial charge in [-0.2, -0.15) is 4.57 Å². The second kappa shape index (κ2) is 3.84. The Morgan fingerprint density at radius 2 is 1.76 bits per heavy atom. The number of rotatable bonds is 1. The summed E-state index contributed by atoms with van der Waals surface area (Å²) in [5, 5.41) is 0. The number of hydrogen-bond donors (Lipinski definition) is 0. The molecule has 1 aromatic heterocycles. The first kappa shape index (κ1) is 14.2. The van der Waals surface area contributed by atoms with Crippen LogP contribution in [0.3, 0.4) is 0 Å². The van der Waals surface area contributed by atoms with E-state index in [9.17, 15) is 4.79 Å². The lowest BCUT2D eigenvalue weighted by molar-refractivity contribution is -0.676. The average molecular weight is 257 g/mol. The van der Waals surface area contributed by atoms with Gasteiger partial charge in [0.25, 0.3) is 5.82 Å².